The van der Waals surface area contributed by atoms with Crippen LogP contribution in [0.15, 0.2) is 47.4 Å². The van der Waals surface area contributed by atoms with Crippen molar-refractivity contribution < 1.29 is 13.2 Å². The van der Waals surface area contributed by atoms with E-state index in [-0.39, 0.29) is 17.2 Å². The Balaban J connectivity index is 1.45. The van der Waals surface area contributed by atoms with Crippen LogP contribution in [0.25, 0.3) is 21.3 Å². The molecule has 0 aliphatic carbocycles. The van der Waals surface area contributed by atoms with E-state index in [1.54, 1.807) is 29.5 Å². The van der Waals surface area contributed by atoms with Gasteiger partial charge in [-0.15, -0.1) is 11.3 Å². The zero-order valence-corrected chi connectivity index (χ0v) is 19.8. The number of hydrogen-bond donors (Lipinski definition) is 1. The molecule has 8 nitrogen and oxygen atoms in total. The molecule has 0 bridgehead atoms. The van der Waals surface area contributed by atoms with Crippen LogP contribution in [0.2, 0.25) is 0 Å². The highest BCUT2D eigenvalue weighted by Gasteiger charge is 2.19. The van der Waals surface area contributed by atoms with Crippen LogP contribution < -0.4 is 5.32 Å². The molecular weight excluding hydrogens is 446 g/mol. The van der Waals surface area contributed by atoms with Gasteiger partial charge in [-0.3, -0.25) is 4.79 Å². The van der Waals surface area contributed by atoms with E-state index in [9.17, 15) is 13.2 Å². The molecule has 10 heteroatoms. The summed E-state index contributed by atoms with van der Waals surface area (Å²) in [6.45, 7) is 3.08. The van der Waals surface area contributed by atoms with Gasteiger partial charge < -0.3 is 9.88 Å². The van der Waals surface area contributed by atoms with Crippen molar-refractivity contribution in [2.45, 2.75) is 37.8 Å². The number of fused-ring (bicyclic) bond motifs is 2. The maximum atomic E-state index is 12.4. The molecule has 0 spiro atoms. The summed E-state index contributed by atoms with van der Waals surface area (Å²) in [7, 11) is -0.528. The predicted octanol–water partition coefficient (Wildman–Crippen LogP) is 3.17. The number of benzene rings is 2. The number of nitrogens with zero attached hydrogens (tertiary/aromatic N) is 4. The van der Waals surface area contributed by atoms with E-state index in [4.69, 9.17) is 0 Å². The van der Waals surface area contributed by atoms with Gasteiger partial charge in [0.15, 0.2) is 0 Å². The second kappa shape index (κ2) is 8.97. The first kappa shape index (κ1) is 22.4. The molecule has 4 rings (SSSR count). The van der Waals surface area contributed by atoms with Gasteiger partial charge in [0.1, 0.15) is 10.8 Å². The van der Waals surface area contributed by atoms with Crippen LogP contribution in [0, 0.1) is 0 Å². The van der Waals surface area contributed by atoms with Crippen molar-refractivity contribution in [3.05, 3.63) is 53.3 Å². The lowest BCUT2D eigenvalue weighted by molar-refractivity contribution is -0.121. The summed E-state index contributed by atoms with van der Waals surface area (Å²) in [4.78, 5) is 21.8. The summed E-state index contributed by atoms with van der Waals surface area (Å²) in [5, 5.41) is 3.80. The number of imidazole rings is 1. The molecule has 2 aromatic carbocycles. The van der Waals surface area contributed by atoms with Crippen molar-refractivity contribution in [2.24, 2.45) is 0 Å². The number of aryl methyl sites for hydroxylation is 2. The lowest BCUT2D eigenvalue weighted by Crippen LogP contribution is -2.23. The zero-order valence-electron chi connectivity index (χ0n) is 18.2. The van der Waals surface area contributed by atoms with Gasteiger partial charge in [-0.2, -0.15) is 0 Å². The van der Waals surface area contributed by atoms with Crippen LogP contribution in [0.3, 0.4) is 0 Å². The van der Waals surface area contributed by atoms with E-state index in [1.807, 2.05) is 35.8 Å². The van der Waals surface area contributed by atoms with Crippen LogP contribution in [0.1, 0.15) is 24.2 Å². The molecule has 1 N–H and O–H groups in total. The number of thiazole rings is 1. The van der Waals surface area contributed by atoms with Gasteiger partial charge in [0.05, 0.1) is 32.7 Å². The molecule has 0 fully saturated rings. The highest BCUT2D eigenvalue weighted by atomic mass is 32.2. The maximum absolute atomic E-state index is 12.4. The summed E-state index contributed by atoms with van der Waals surface area (Å²) in [6, 6.07) is 12.9. The van der Waals surface area contributed by atoms with E-state index in [0.717, 1.165) is 26.6 Å². The average Bonchev–Trinajstić information content (AvgIpc) is 3.35. The Kier molecular flexibility index (Phi) is 6.27. The minimum Gasteiger partial charge on any atom is -0.350 e. The molecule has 168 valence electrons. The van der Waals surface area contributed by atoms with Gasteiger partial charge in [0.2, 0.25) is 15.9 Å². The molecule has 0 saturated heterocycles. The second-order valence-electron chi connectivity index (χ2n) is 7.56. The Hall–Kier alpha value is -2.82. The summed E-state index contributed by atoms with van der Waals surface area (Å²) < 4.78 is 29.2. The molecule has 4 aromatic rings. The number of nitrogens with one attached hydrogen (secondary N) is 1. The van der Waals surface area contributed by atoms with Gasteiger partial charge in [-0.25, -0.2) is 22.7 Å². The van der Waals surface area contributed by atoms with Crippen molar-refractivity contribution in [1.29, 1.82) is 0 Å². The second-order valence-corrected chi connectivity index (χ2v) is 10.8. The Morgan fingerprint density at radius 3 is 2.62 bits per heavy atom. The van der Waals surface area contributed by atoms with Crippen molar-refractivity contribution in [2.75, 3.05) is 14.1 Å². The number of hydrogen-bond acceptors (Lipinski definition) is 6. The standard InChI is InChI=1S/C22H25N5O3S2/c1-4-27-18-10-9-15(32(29,30)26(2)3)13-17(18)24-20(27)11-12-21(28)23-14-22-25-16-7-5-6-8-19(16)31-22/h5-10,13H,4,11-12,14H2,1-3H3,(H,23,28). The van der Waals surface area contributed by atoms with E-state index in [0.29, 0.717) is 25.0 Å². The number of carbonyl (C=O) groups is 1. The summed E-state index contributed by atoms with van der Waals surface area (Å²) in [5.41, 5.74) is 2.41. The van der Waals surface area contributed by atoms with E-state index in [2.05, 4.69) is 15.3 Å². The smallest absolute Gasteiger partial charge is 0.242 e. The molecule has 0 radical (unpaired) electrons. The third kappa shape index (κ3) is 4.38. The zero-order chi connectivity index (χ0) is 22.9. The van der Waals surface area contributed by atoms with Crippen molar-refractivity contribution in [3.63, 3.8) is 0 Å². The van der Waals surface area contributed by atoms with E-state index in [1.165, 1.54) is 18.4 Å². The molecule has 0 aliphatic rings. The van der Waals surface area contributed by atoms with Gasteiger partial charge in [-0.05, 0) is 37.3 Å². The largest absolute Gasteiger partial charge is 0.350 e. The highest BCUT2D eigenvalue weighted by molar-refractivity contribution is 7.89. The van der Waals surface area contributed by atoms with Gasteiger partial charge in [0, 0.05) is 33.5 Å². The lowest BCUT2D eigenvalue weighted by atomic mass is 10.2. The van der Waals surface area contributed by atoms with Crippen molar-refractivity contribution >= 4 is 48.5 Å². The Morgan fingerprint density at radius 1 is 1.12 bits per heavy atom. The summed E-state index contributed by atoms with van der Waals surface area (Å²) >= 11 is 1.57. The first-order chi connectivity index (χ1) is 15.3. The Morgan fingerprint density at radius 2 is 1.91 bits per heavy atom. The third-order valence-electron chi connectivity index (χ3n) is 5.24. The van der Waals surface area contributed by atoms with Gasteiger partial charge in [-0.1, -0.05) is 12.1 Å². The molecule has 1 amide bonds. The topological polar surface area (TPSA) is 97.2 Å². The Labute approximate surface area is 191 Å². The lowest BCUT2D eigenvalue weighted by Gasteiger charge is -2.11. The maximum Gasteiger partial charge on any atom is 0.242 e. The molecule has 0 aliphatic heterocycles. The van der Waals surface area contributed by atoms with Crippen molar-refractivity contribution in [3.8, 4) is 0 Å². The molecular formula is C22H25N5O3S2. The fraction of sp³-hybridized carbons (Fsp3) is 0.318. The quantitative estimate of drug-likeness (QED) is 0.426. The van der Waals surface area contributed by atoms with Crippen LogP contribution >= 0.6 is 11.3 Å². The molecule has 0 atom stereocenters. The third-order valence-corrected chi connectivity index (χ3v) is 8.09. The number of sulfonamides is 1. The minimum absolute atomic E-state index is 0.0742. The van der Waals surface area contributed by atoms with Crippen LogP contribution in [-0.4, -0.2) is 47.3 Å². The number of aromatic nitrogens is 3. The molecule has 2 heterocycles. The van der Waals surface area contributed by atoms with E-state index >= 15 is 0 Å². The highest BCUT2D eigenvalue weighted by Crippen LogP contribution is 2.23. The Bertz CT molecular complexity index is 1360. The van der Waals surface area contributed by atoms with E-state index < -0.39 is 10.0 Å². The van der Waals surface area contributed by atoms with Crippen LogP contribution in [-0.2, 0) is 34.3 Å². The van der Waals surface area contributed by atoms with Crippen molar-refractivity contribution in [1.82, 2.24) is 24.2 Å². The number of rotatable bonds is 8. The molecule has 0 saturated carbocycles. The summed E-state index contributed by atoms with van der Waals surface area (Å²) in [6.07, 6.45) is 0.751. The van der Waals surface area contributed by atoms with Crippen LogP contribution in [0.4, 0.5) is 0 Å². The first-order valence-corrected chi connectivity index (χ1v) is 12.6. The summed E-state index contributed by atoms with van der Waals surface area (Å²) in [5.74, 6) is 0.687. The fourth-order valence-corrected chi connectivity index (χ4v) is 5.39. The molecule has 0 unspecified atom stereocenters. The fourth-order valence-electron chi connectivity index (χ4n) is 3.56. The average molecular weight is 472 g/mol. The first-order valence-electron chi connectivity index (χ1n) is 10.3. The SMILES string of the molecule is CCn1c(CCC(=O)NCc2nc3ccccc3s2)nc2cc(S(=O)(=O)N(C)C)ccc21. The number of para-hydroxylation sites is 1. The van der Waals surface area contributed by atoms with Gasteiger partial charge >= 0.3 is 0 Å². The molecule has 2 aromatic heterocycles. The predicted molar refractivity (Wildman–Crippen MR) is 126 cm³/mol. The normalized spacial score (nSPS) is 12.1. The van der Waals surface area contributed by atoms with Crippen LogP contribution in [0.5, 0.6) is 0 Å². The monoisotopic (exact) mass is 471 g/mol. The number of carbonyl (C=O) groups excluding carboxylic acids is 1. The molecule has 32 heavy (non-hydrogen) atoms. The number of amides is 1. The minimum atomic E-state index is -3.53. The van der Waals surface area contributed by atoms with Gasteiger partial charge in [0.25, 0.3) is 0 Å².